The first-order valence-electron chi connectivity index (χ1n) is 6.86. The van der Waals surface area contributed by atoms with Crippen LogP contribution >= 0.6 is 0 Å². The van der Waals surface area contributed by atoms with Crippen molar-refractivity contribution in [2.24, 2.45) is 0 Å². The van der Waals surface area contributed by atoms with E-state index in [1.54, 1.807) is 25.1 Å². The van der Waals surface area contributed by atoms with Crippen LogP contribution in [0.5, 0.6) is 0 Å². The summed E-state index contributed by atoms with van der Waals surface area (Å²) in [6.45, 7) is 4.92. The number of carbonyl (C=O) groups excluding carboxylic acids is 1. The lowest BCUT2D eigenvalue weighted by Crippen LogP contribution is -2.55. The van der Waals surface area contributed by atoms with Crippen molar-refractivity contribution in [2.75, 3.05) is 0 Å². The number of hydrogen-bond acceptors (Lipinski definition) is 2. The molecule has 0 heterocycles. The lowest BCUT2D eigenvalue weighted by Gasteiger charge is -2.27. The van der Waals surface area contributed by atoms with Crippen molar-refractivity contribution in [3.8, 4) is 0 Å². The normalized spacial score (nSPS) is 14.9. The number of urea groups is 1. The summed E-state index contributed by atoms with van der Waals surface area (Å²) in [6.07, 6.45) is 0.926. The van der Waals surface area contributed by atoms with Gasteiger partial charge < -0.3 is 15.7 Å². The molecule has 0 spiro atoms. The molecule has 0 saturated carbocycles. The van der Waals surface area contributed by atoms with E-state index in [-0.39, 0.29) is 0 Å². The van der Waals surface area contributed by atoms with Crippen molar-refractivity contribution in [3.63, 3.8) is 0 Å². The Balaban J connectivity index is 2.73. The molecule has 0 fully saturated rings. The topological polar surface area (TPSA) is 78.4 Å². The minimum atomic E-state index is -1.34. The van der Waals surface area contributed by atoms with Crippen molar-refractivity contribution < 1.29 is 19.1 Å². The van der Waals surface area contributed by atoms with Crippen molar-refractivity contribution in [1.29, 1.82) is 0 Å². The van der Waals surface area contributed by atoms with Gasteiger partial charge in [0.1, 0.15) is 11.4 Å². The number of nitrogens with one attached hydrogen (secondary N) is 2. The molecule has 2 unspecified atom stereocenters. The van der Waals surface area contributed by atoms with Crippen LogP contribution in [0.2, 0.25) is 0 Å². The van der Waals surface area contributed by atoms with Crippen molar-refractivity contribution >= 4 is 12.0 Å². The molecular weight excluding hydrogens is 275 g/mol. The standard InChI is InChI=1S/C15H21FN2O3/c1-4-9-15(3,13(19)20)18-14(21)17-10(2)11-7-5-6-8-12(11)16/h5-8,10H,4,9H2,1-3H3,(H,19,20)(H2,17,18,21). The molecule has 116 valence electrons. The average Bonchev–Trinajstić information content (AvgIpc) is 2.38. The Labute approximate surface area is 123 Å². The number of benzene rings is 1. The summed E-state index contributed by atoms with van der Waals surface area (Å²) in [4.78, 5) is 23.2. The second-order valence-electron chi connectivity index (χ2n) is 5.23. The van der Waals surface area contributed by atoms with Gasteiger partial charge >= 0.3 is 12.0 Å². The first-order chi connectivity index (χ1) is 9.80. The Morgan fingerprint density at radius 1 is 1.38 bits per heavy atom. The van der Waals surface area contributed by atoms with Crippen LogP contribution in [-0.4, -0.2) is 22.6 Å². The number of aliphatic carboxylic acids is 1. The number of carbonyl (C=O) groups is 2. The van der Waals surface area contributed by atoms with Crippen LogP contribution < -0.4 is 10.6 Å². The maximum Gasteiger partial charge on any atom is 0.329 e. The summed E-state index contributed by atoms with van der Waals surface area (Å²) in [5.74, 6) is -1.52. The van der Waals surface area contributed by atoms with E-state index in [4.69, 9.17) is 0 Å². The molecule has 6 heteroatoms. The molecule has 0 aromatic heterocycles. The zero-order valence-electron chi connectivity index (χ0n) is 12.4. The molecule has 3 N–H and O–H groups in total. The first kappa shape index (κ1) is 16.9. The van der Waals surface area contributed by atoms with Gasteiger partial charge in [-0.05, 0) is 26.3 Å². The molecule has 0 aliphatic heterocycles. The summed E-state index contributed by atoms with van der Waals surface area (Å²) in [7, 11) is 0. The Morgan fingerprint density at radius 2 is 2.00 bits per heavy atom. The smallest absolute Gasteiger partial charge is 0.329 e. The lowest BCUT2D eigenvalue weighted by molar-refractivity contribution is -0.144. The van der Waals surface area contributed by atoms with Crippen molar-refractivity contribution in [2.45, 2.75) is 45.2 Å². The maximum atomic E-state index is 13.6. The summed E-state index contributed by atoms with van der Waals surface area (Å²) in [5, 5.41) is 14.2. The van der Waals surface area contributed by atoms with Gasteiger partial charge in [0, 0.05) is 5.56 Å². The van der Waals surface area contributed by atoms with E-state index in [9.17, 15) is 19.1 Å². The fourth-order valence-electron chi connectivity index (χ4n) is 2.11. The summed E-state index contributed by atoms with van der Waals surface area (Å²) >= 11 is 0. The van der Waals surface area contributed by atoms with E-state index < -0.39 is 29.4 Å². The van der Waals surface area contributed by atoms with Gasteiger partial charge in [-0.25, -0.2) is 14.0 Å². The van der Waals surface area contributed by atoms with Crippen LogP contribution in [-0.2, 0) is 4.79 Å². The van der Waals surface area contributed by atoms with Crippen LogP contribution in [0.1, 0.15) is 45.2 Å². The van der Waals surface area contributed by atoms with Crippen LogP contribution in [0.25, 0.3) is 0 Å². The number of rotatable bonds is 6. The van der Waals surface area contributed by atoms with Crippen LogP contribution in [0.3, 0.4) is 0 Å². The summed E-state index contributed by atoms with van der Waals surface area (Å²) in [6, 6.07) is 4.92. The molecule has 5 nitrogen and oxygen atoms in total. The van der Waals surface area contributed by atoms with E-state index in [0.29, 0.717) is 18.4 Å². The number of hydrogen-bond donors (Lipinski definition) is 3. The summed E-state index contributed by atoms with van der Waals surface area (Å²) in [5.41, 5.74) is -0.992. The average molecular weight is 296 g/mol. The fraction of sp³-hybridized carbons (Fsp3) is 0.467. The SMILES string of the molecule is CCCC(C)(NC(=O)NC(C)c1ccccc1F)C(=O)O. The quantitative estimate of drug-likeness (QED) is 0.755. The Morgan fingerprint density at radius 3 is 2.52 bits per heavy atom. The highest BCUT2D eigenvalue weighted by Crippen LogP contribution is 2.17. The molecule has 0 radical (unpaired) electrons. The maximum absolute atomic E-state index is 13.6. The zero-order chi connectivity index (χ0) is 16.0. The second kappa shape index (κ2) is 7.06. The van der Waals surface area contributed by atoms with Gasteiger partial charge in [-0.15, -0.1) is 0 Å². The predicted molar refractivity (Wildman–Crippen MR) is 77.4 cm³/mol. The molecule has 0 aliphatic carbocycles. The highest BCUT2D eigenvalue weighted by Gasteiger charge is 2.34. The van der Waals surface area contributed by atoms with E-state index in [0.717, 1.165) is 0 Å². The molecule has 1 aromatic carbocycles. The molecule has 2 amide bonds. The molecule has 2 atom stereocenters. The van der Waals surface area contributed by atoms with Gasteiger partial charge in [-0.3, -0.25) is 0 Å². The summed E-state index contributed by atoms with van der Waals surface area (Å²) < 4.78 is 13.6. The third kappa shape index (κ3) is 4.44. The molecule has 0 aliphatic rings. The minimum Gasteiger partial charge on any atom is -0.480 e. The van der Waals surface area contributed by atoms with Gasteiger partial charge in [-0.2, -0.15) is 0 Å². The highest BCUT2D eigenvalue weighted by molar-refractivity contribution is 5.86. The second-order valence-corrected chi connectivity index (χ2v) is 5.23. The molecule has 0 saturated heterocycles. The molecule has 1 aromatic rings. The number of carboxylic acid groups (broad SMARTS) is 1. The highest BCUT2D eigenvalue weighted by atomic mass is 19.1. The van der Waals surface area contributed by atoms with Gasteiger partial charge in [0.25, 0.3) is 0 Å². The number of amides is 2. The third-order valence-electron chi connectivity index (χ3n) is 3.33. The predicted octanol–water partition coefficient (Wildman–Crippen LogP) is 2.83. The Bertz CT molecular complexity index is 521. The van der Waals surface area contributed by atoms with E-state index in [1.807, 2.05) is 6.92 Å². The van der Waals surface area contributed by atoms with Gasteiger partial charge in [0.2, 0.25) is 0 Å². The lowest BCUT2D eigenvalue weighted by atomic mass is 9.96. The fourth-order valence-corrected chi connectivity index (χ4v) is 2.11. The van der Waals surface area contributed by atoms with Gasteiger partial charge in [-0.1, -0.05) is 31.5 Å². The monoisotopic (exact) mass is 296 g/mol. The van der Waals surface area contributed by atoms with Gasteiger partial charge in [0.15, 0.2) is 0 Å². The van der Waals surface area contributed by atoms with Gasteiger partial charge in [0.05, 0.1) is 6.04 Å². The number of carboxylic acids is 1. The molecule has 0 bridgehead atoms. The van der Waals surface area contributed by atoms with E-state index in [2.05, 4.69) is 10.6 Å². The minimum absolute atomic E-state index is 0.309. The third-order valence-corrected chi connectivity index (χ3v) is 3.33. The van der Waals surface area contributed by atoms with Crippen LogP contribution in [0.15, 0.2) is 24.3 Å². The number of halogens is 1. The largest absolute Gasteiger partial charge is 0.480 e. The van der Waals surface area contributed by atoms with Crippen molar-refractivity contribution in [1.82, 2.24) is 10.6 Å². The Kier molecular flexibility index (Phi) is 5.69. The molecular formula is C15H21FN2O3. The van der Waals surface area contributed by atoms with E-state index >= 15 is 0 Å². The Hall–Kier alpha value is -2.11. The van der Waals surface area contributed by atoms with Crippen LogP contribution in [0.4, 0.5) is 9.18 Å². The zero-order valence-corrected chi connectivity index (χ0v) is 12.4. The van der Waals surface area contributed by atoms with Crippen molar-refractivity contribution in [3.05, 3.63) is 35.6 Å². The first-order valence-corrected chi connectivity index (χ1v) is 6.86. The molecule has 21 heavy (non-hydrogen) atoms. The van der Waals surface area contributed by atoms with E-state index in [1.165, 1.54) is 13.0 Å². The molecule has 1 rings (SSSR count). The van der Waals surface area contributed by atoms with Crippen LogP contribution in [0, 0.1) is 5.82 Å².